The SMILES string of the molecule is CNc1ccc(OCC(C)C)cc1C(F)(F)F. The first kappa shape index (κ1) is 13.7. The Morgan fingerprint density at radius 2 is 1.94 bits per heavy atom. The first-order valence-electron chi connectivity index (χ1n) is 5.36. The number of halogens is 3. The number of alkyl halides is 3. The van der Waals surface area contributed by atoms with Crippen LogP contribution < -0.4 is 10.1 Å². The molecule has 0 radical (unpaired) electrons. The average molecular weight is 247 g/mol. The van der Waals surface area contributed by atoms with E-state index in [0.29, 0.717) is 6.61 Å². The normalized spacial score (nSPS) is 11.7. The van der Waals surface area contributed by atoms with Crippen LogP contribution in [0.5, 0.6) is 5.75 Å². The van der Waals surface area contributed by atoms with Crippen molar-refractivity contribution in [3.8, 4) is 5.75 Å². The summed E-state index contributed by atoms with van der Waals surface area (Å²) in [5.41, 5.74) is -0.657. The van der Waals surface area contributed by atoms with Crippen LogP contribution in [0, 0.1) is 5.92 Å². The molecule has 5 heteroatoms. The molecular formula is C12H16F3NO. The monoisotopic (exact) mass is 247 g/mol. The zero-order valence-electron chi connectivity index (χ0n) is 10.1. The van der Waals surface area contributed by atoms with Crippen molar-refractivity contribution in [1.29, 1.82) is 0 Å². The van der Waals surface area contributed by atoms with Crippen LogP contribution in [-0.2, 0) is 6.18 Å². The van der Waals surface area contributed by atoms with Crippen molar-refractivity contribution in [3.63, 3.8) is 0 Å². The lowest BCUT2D eigenvalue weighted by Crippen LogP contribution is -2.10. The first-order valence-corrected chi connectivity index (χ1v) is 5.36. The summed E-state index contributed by atoms with van der Waals surface area (Å²) in [5, 5.41) is 2.52. The third-order valence-corrected chi connectivity index (χ3v) is 2.15. The van der Waals surface area contributed by atoms with Crippen molar-refractivity contribution in [1.82, 2.24) is 0 Å². The molecule has 0 aliphatic carbocycles. The van der Waals surface area contributed by atoms with Crippen LogP contribution in [0.2, 0.25) is 0 Å². The van der Waals surface area contributed by atoms with Gasteiger partial charge in [-0.05, 0) is 24.1 Å². The van der Waals surface area contributed by atoms with Crippen LogP contribution in [-0.4, -0.2) is 13.7 Å². The quantitative estimate of drug-likeness (QED) is 0.874. The van der Waals surface area contributed by atoms with E-state index in [-0.39, 0.29) is 17.4 Å². The fraction of sp³-hybridized carbons (Fsp3) is 0.500. The standard InChI is InChI=1S/C12H16F3NO/c1-8(2)7-17-9-4-5-11(16-3)10(6-9)12(13,14)15/h4-6,8,16H,7H2,1-3H3. The number of ether oxygens (including phenoxy) is 1. The lowest BCUT2D eigenvalue weighted by atomic mass is 10.1. The third kappa shape index (κ3) is 3.84. The molecule has 0 atom stereocenters. The Labute approximate surface area is 98.8 Å². The minimum atomic E-state index is -4.38. The topological polar surface area (TPSA) is 21.3 Å². The molecule has 0 unspecified atom stereocenters. The summed E-state index contributed by atoms with van der Waals surface area (Å²) in [6, 6.07) is 3.93. The van der Waals surface area contributed by atoms with Crippen molar-refractivity contribution in [2.24, 2.45) is 5.92 Å². The molecule has 0 aromatic heterocycles. The summed E-state index contributed by atoms with van der Waals surface area (Å²) in [6.07, 6.45) is -4.38. The first-order chi connectivity index (χ1) is 7.84. The Hall–Kier alpha value is -1.39. The third-order valence-electron chi connectivity index (χ3n) is 2.15. The second-order valence-electron chi connectivity index (χ2n) is 4.16. The highest BCUT2D eigenvalue weighted by atomic mass is 19.4. The van der Waals surface area contributed by atoms with Crippen molar-refractivity contribution >= 4 is 5.69 Å². The molecule has 17 heavy (non-hydrogen) atoms. The minimum Gasteiger partial charge on any atom is -0.493 e. The predicted octanol–water partition coefficient (Wildman–Crippen LogP) is 3.78. The van der Waals surface area contributed by atoms with Gasteiger partial charge in [-0.2, -0.15) is 13.2 Å². The molecule has 96 valence electrons. The van der Waals surface area contributed by atoms with E-state index in [0.717, 1.165) is 6.07 Å². The second-order valence-corrected chi connectivity index (χ2v) is 4.16. The van der Waals surface area contributed by atoms with Gasteiger partial charge in [-0.1, -0.05) is 13.8 Å². The number of rotatable bonds is 4. The molecule has 1 aromatic rings. The van der Waals surface area contributed by atoms with Gasteiger partial charge in [-0.25, -0.2) is 0 Å². The molecule has 0 saturated carbocycles. The maximum atomic E-state index is 12.7. The molecule has 0 spiro atoms. The van der Waals surface area contributed by atoms with E-state index in [1.807, 2.05) is 13.8 Å². The molecule has 1 aromatic carbocycles. The minimum absolute atomic E-state index is 0.0504. The molecule has 0 amide bonds. The average Bonchev–Trinajstić information content (AvgIpc) is 2.24. The molecular weight excluding hydrogens is 231 g/mol. The van der Waals surface area contributed by atoms with Crippen molar-refractivity contribution in [2.45, 2.75) is 20.0 Å². The maximum absolute atomic E-state index is 12.7. The van der Waals surface area contributed by atoms with Gasteiger partial charge in [0.05, 0.1) is 12.2 Å². The van der Waals surface area contributed by atoms with Crippen LogP contribution in [0.15, 0.2) is 18.2 Å². The van der Waals surface area contributed by atoms with E-state index in [1.165, 1.54) is 19.2 Å². The smallest absolute Gasteiger partial charge is 0.418 e. The van der Waals surface area contributed by atoms with E-state index < -0.39 is 11.7 Å². The molecule has 0 aliphatic heterocycles. The molecule has 0 bridgehead atoms. The Bertz CT molecular complexity index is 375. The Balaban J connectivity index is 2.97. The highest BCUT2D eigenvalue weighted by Crippen LogP contribution is 2.36. The van der Waals surface area contributed by atoms with Crippen LogP contribution in [0.3, 0.4) is 0 Å². The second kappa shape index (κ2) is 5.29. The van der Waals surface area contributed by atoms with Gasteiger partial charge in [-0.3, -0.25) is 0 Å². The number of anilines is 1. The van der Waals surface area contributed by atoms with Gasteiger partial charge >= 0.3 is 6.18 Å². The van der Waals surface area contributed by atoms with E-state index in [2.05, 4.69) is 5.32 Å². The van der Waals surface area contributed by atoms with E-state index in [9.17, 15) is 13.2 Å². The van der Waals surface area contributed by atoms with Crippen LogP contribution in [0.1, 0.15) is 19.4 Å². The summed E-state index contributed by atoms with van der Waals surface area (Å²) in [7, 11) is 1.46. The lowest BCUT2D eigenvalue weighted by Gasteiger charge is -2.15. The van der Waals surface area contributed by atoms with E-state index in [4.69, 9.17) is 4.74 Å². The zero-order valence-corrected chi connectivity index (χ0v) is 10.1. The van der Waals surface area contributed by atoms with Crippen LogP contribution >= 0.6 is 0 Å². The summed E-state index contributed by atoms with van der Waals surface area (Å²) in [5.74, 6) is 0.512. The number of nitrogens with one attached hydrogen (secondary N) is 1. The fourth-order valence-electron chi connectivity index (χ4n) is 1.33. The van der Waals surface area contributed by atoms with Crippen molar-refractivity contribution in [2.75, 3.05) is 19.0 Å². The van der Waals surface area contributed by atoms with Gasteiger partial charge in [0, 0.05) is 12.7 Å². The highest BCUT2D eigenvalue weighted by Gasteiger charge is 2.33. The molecule has 2 nitrogen and oxygen atoms in total. The Kier molecular flexibility index (Phi) is 4.26. The van der Waals surface area contributed by atoms with Gasteiger partial charge in [0.15, 0.2) is 0 Å². The molecule has 0 fully saturated rings. The maximum Gasteiger partial charge on any atom is 0.418 e. The molecule has 1 N–H and O–H groups in total. The summed E-state index contributed by atoms with van der Waals surface area (Å²) >= 11 is 0. The number of hydrogen-bond donors (Lipinski definition) is 1. The number of hydrogen-bond acceptors (Lipinski definition) is 2. The highest BCUT2D eigenvalue weighted by molar-refractivity contribution is 5.55. The molecule has 0 aliphatic rings. The largest absolute Gasteiger partial charge is 0.493 e. The van der Waals surface area contributed by atoms with Crippen molar-refractivity contribution < 1.29 is 17.9 Å². The van der Waals surface area contributed by atoms with Gasteiger partial charge in [0.2, 0.25) is 0 Å². The van der Waals surface area contributed by atoms with Gasteiger partial charge in [-0.15, -0.1) is 0 Å². The summed E-state index contributed by atoms with van der Waals surface area (Å²) in [4.78, 5) is 0. The van der Waals surface area contributed by atoms with Gasteiger partial charge in [0.25, 0.3) is 0 Å². The molecule has 1 rings (SSSR count). The Morgan fingerprint density at radius 3 is 2.41 bits per heavy atom. The van der Waals surface area contributed by atoms with Crippen LogP contribution in [0.4, 0.5) is 18.9 Å². The predicted molar refractivity (Wildman–Crippen MR) is 61.3 cm³/mol. The zero-order chi connectivity index (χ0) is 13.1. The Morgan fingerprint density at radius 1 is 1.29 bits per heavy atom. The van der Waals surface area contributed by atoms with Crippen LogP contribution in [0.25, 0.3) is 0 Å². The van der Waals surface area contributed by atoms with Gasteiger partial charge in [0.1, 0.15) is 5.75 Å². The van der Waals surface area contributed by atoms with Gasteiger partial charge < -0.3 is 10.1 Å². The van der Waals surface area contributed by atoms with E-state index >= 15 is 0 Å². The molecule has 0 saturated heterocycles. The lowest BCUT2D eigenvalue weighted by molar-refractivity contribution is -0.137. The molecule has 0 heterocycles. The summed E-state index contributed by atoms with van der Waals surface area (Å²) < 4.78 is 43.4. The van der Waals surface area contributed by atoms with E-state index in [1.54, 1.807) is 0 Å². The fourth-order valence-corrected chi connectivity index (χ4v) is 1.33. The van der Waals surface area contributed by atoms with Crippen molar-refractivity contribution in [3.05, 3.63) is 23.8 Å². The summed E-state index contributed by atoms with van der Waals surface area (Å²) in [6.45, 7) is 4.27. The number of benzene rings is 1.